The van der Waals surface area contributed by atoms with Crippen LogP contribution in [-0.2, 0) is 11.2 Å². The van der Waals surface area contributed by atoms with Crippen LogP contribution in [0.3, 0.4) is 0 Å². The number of nitrogens with one attached hydrogen (secondary N) is 1. The molecule has 34 heavy (non-hydrogen) atoms. The molecule has 0 spiro atoms. The third-order valence-corrected chi connectivity index (χ3v) is 5.55. The molecular formula is C29H23NO4. The Hall–Kier alpha value is -4.51. The van der Waals surface area contributed by atoms with Gasteiger partial charge in [-0.1, -0.05) is 97.1 Å². The lowest BCUT2D eigenvalue weighted by Gasteiger charge is -2.15. The number of benzene rings is 4. The van der Waals surface area contributed by atoms with Crippen molar-refractivity contribution in [3.05, 3.63) is 131 Å². The van der Waals surface area contributed by atoms with Crippen LogP contribution in [0.25, 0.3) is 11.1 Å². The highest BCUT2D eigenvalue weighted by molar-refractivity contribution is 6.09. The molecule has 0 bridgehead atoms. The summed E-state index contributed by atoms with van der Waals surface area (Å²) >= 11 is 0. The van der Waals surface area contributed by atoms with Crippen LogP contribution in [0.2, 0.25) is 0 Å². The summed E-state index contributed by atoms with van der Waals surface area (Å²) in [6.45, 7) is 0. The quantitative estimate of drug-likeness (QED) is 0.371. The van der Waals surface area contributed by atoms with Crippen LogP contribution in [0, 0.1) is 0 Å². The number of amides is 1. The summed E-state index contributed by atoms with van der Waals surface area (Å²) in [4.78, 5) is 37.0. The van der Waals surface area contributed by atoms with Gasteiger partial charge in [0.15, 0.2) is 5.78 Å². The smallest absolute Gasteiger partial charge is 0.326 e. The van der Waals surface area contributed by atoms with E-state index in [9.17, 15) is 19.5 Å². The van der Waals surface area contributed by atoms with Gasteiger partial charge in [-0.05, 0) is 28.8 Å². The maximum absolute atomic E-state index is 12.7. The SMILES string of the molecule is O=C(N[C@@H](Cc1ccc(C(=O)c2ccccc2)cc1)C(=O)O)c1ccc(-c2ccccc2)cc1. The third-order valence-electron chi connectivity index (χ3n) is 5.55. The maximum Gasteiger partial charge on any atom is 0.326 e. The number of hydrogen-bond acceptors (Lipinski definition) is 3. The van der Waals surface area contributed by atoms with Gasteiger partial charge >= 0.3 is 5.97 Å². The molecule has 5 heteroatoms. The number of ketones is 1. The van der Waals surface area contributed by atoms with E-state index in [2.05, 4.69) is 5.32 Å². The van der Waals surface area contributed by atoms with E-state index >= 15 is 0 Å². The second-order valence-electron chi connectivity index (χ2n) is 7.90. The molecule has 5 nitrogen and oxygen atoms in total. The minimum atomic E-state index is -1.13. The van der Waals surface area contributed by atoms with Gasteiger partial charge in [0.2, 0.25) is 0 Å². The third kappa shape index (κ3) is 5.45. The highest BCUT2D eigenvalue weighted by Crippen LogP contribution is 2.19. The highest BCUT2D eigenvalue weighted by Gasteiger charge is 2.21. The Bertz CT molecular complexity index is 1280. The van der Waals surface area contributed by atoms with Crippen LogP contribution in [-0.4, -0.2) is 28.8 Å². The van der Waals surface area contributed by atoms with Crippen molar-refractivity contribution in [1.29, 1.82) is 0 Å². The van der Waals surface area contributed by atoms with E-state index < -0.39 is 17.9 Å². The van der Waals surface area contributed by atoms with Gasteiger partial charge in [-0.2, -0.15) is 0 Å². The zero-order valence-electron chi connectivity index (χ0n) is 18.3. The fourth-order valence-corrected chi connectivity index (χ4v) is 3.67. The predicted molar refractivity (Wildman–Crippen MR) is 131 cm³/mol. The average Bonchev–Trinajstić information content (AvgIpc) is 2.89. The largest absolute Gasteiger partial charge is 0.480 e. The molecule has 0 aliphatic rings. The number of carboxylic acid groups (broad SMARTS) is 1. The lowest BCUT2D eigenvalue weighted by atomic mass is 9.99. The maximum atomic E-state index is 12.7. The average molecular weight is 450 g/mol. The van der Waals surface area contributed by atoms with E-state index in [1.54, 1.807) is 60.7 Å². The van der Waals surface area contributed by atoms with Gasteiger partial charge in [0.25, 0.3) is 5.91 Å². The van der Waals surface area contributed by atoms with E-state index in [0.717, 1.165) is 11.1 Å². The molecule has 0 aliphatic heterocycles. The number of carbonyl (C=O) groups is 3. The highest BCUT2D eigenvalue weighted by atomic mass is 16.4. The molecule has 0 aliphatic carbocycles. The molecule has 0 fully saturated rings. The summed E-state index contributed by atoms with van der Waals surface area (Å²) in [5.74, 6) is -1.68. The minimum absolute atomic E-state index is 0.100. The van der Waals surface area contributed by atoms with Gasteiger partial charge in [-0.3, -0.25) is 9.59 Å². The van der Waals surface area contributed by atoms with Crippen LogP contribution in [0.4, 0.5) is 0 Å². The zero-order valence-corrected chi connectivity index (χ0v) is 18.3. The lowest BCUT2D eigenvalue weighted by Crippen LogP contribution is -2.42. The Morgan fingerprint density at radius 2 is 1.12 bits per heavy atom. The van der Waals surface area contributed by atoms with Gasteiger partial charge in [0.05, 0.1) is 0 Å². The van der Waals surface area contributed by atoms with Crippen molar-refractivity contribution in [2.45, 2.75) is 12.5 Å². The summed E-state index contributed by atoms with van der Waals surface area (Å²) in [6.07, 6.45) is 0.100. The van der Waals surface area contributed by atoms with E-state index in [1.807, 2.05) is 48.5 Å². The Balaban J connectivity index is 1.42. The number of carboxylic acids is 1. The normalized spacial score (nSPS) is 11.4. The number of aliphatic carboxylic acids is 1. The molecule has 0 radical (unpaired) electrons. The fraction of sp³-hybridized carbons (Fsp3) is 0.0690. The molecule has 0 saturated heterocycles. The molecule has 2 N–H and O–H groups in total. The Labute approximate surface area is 197 Å². The first kappa shape index (κ1) is 22.7. The topological polar surface area (TPSA) is 83.5 Å². The van der Waals surface area contributed by atoms with Crippen molar-refractivity contribution in [2.75, 3.05) is 0 Å². The van der Waals surface area contributed by atoms with Crippen molar-refractivity contribution >= 4 is 17.7 Å². The second kappa shape index (κ2) is 10.4. The van der Waals surface area contributed by atoms with Crippen molar-refractivity contribution < 1.29 is 19.5 Å². The van der Waals surface area contributed by atoms with E-state index in [4.69, 9.17) is 0 Å². The standard InChI is InChI=1S/C29H23NO4/c31-27(23-9-5-2-6-10-23)24-13-11-20(12-14-24)19-26(29(33)34)30-28(32)25-17-15-22(16-18-25)21-7-3-1-4-8-21/h1-18,26H,19H2,(H,30,32)(H,33,34)/t26-/m0/s1. The first-order chi connectivity index (χ1) is 16.5. The first-order valence-corrected chi connectivity index (χ1v) is 10.9. The first-order valence-electron chi connectivity index (χ1n) is 10.9. The van der Waals surface area contributed by atoms with Crippen LogP contribution in [0.15, 0.2) is 109 Å². The molecule has 4 aromatic rings. The van der Waals surface area contributed by atoms with Gasteiger partial charge in [-0.15, -0.1) is 0 Å². The van der Waals surface area contributed by atoms with Crippen LogP contribution < -0.4 is 5.32 Å². The monoisotopic (exact) mass is 449 g/mol. The molecule has 1 amide bonds. The second-order valence-corrected chi connectivity index (χ2v) is 7.90. The molecule has 0 saturated carbocycles. The molecule has 4 rings (SSSR count). The molecule has 4 aromatic carbocycles. The summed E-state index contributed by atoms with van der Waals surface area (Å²) in [5.41, 5.74) is 4.20. The van der Waals surface area contributed by atoms with Crippen LogP contribution in [0.5, 0.6) is 0 Å². The van der Waals surface area contributed by atoms with E-state index in [1.165, 1.54) is 0 Å². The van der Waals surface area contributed by atoms with E-state index in [-0.39, 0.29) is 12.2 Å². The van der Waals surface area contributed by atoms with Crippen molar-refractivity contribution in [1.82, 2.24) is 5.32 Å². The lowest BCUT2D eigenvalue weighted by molar-refractivity contribution is -0.139. The number of carbonyl (C=O) groups excluding carboxylic acids is 2. The van der Waals surface area contributed by atoms with Crippen molar-refractivity contribution in [3.63, 3.8) is 0 Å². The van der Waals surface area contributed by atoms with Crippen molar-refractivity contribution in [2.24, 2.45) is 0 Å². The number of hydrogen-bond donors (Lipinski definition) is 2. The molecule has 168 valence electrons. The Kier molecular flexibility index (Phi) is 6.94. The molecule has 0 aromatic heterocycles. The summed E-state index contributed by atoms with van der Waals surface area (Å²) in [6, 6.07) is 31.4. The van der Waals surface area contributed by atoms with Gasteiger partial charge in [-0.25, -0.2) is 4.79 Å². The van der Waals surface area contributed by atoms with Crippen molar-refractivity contribution in [3.8, 4) is 11.1 Å². The van der Waals surface area contributed by atoms with Crippen LogP contribution in [0.1, 0.15) is 31.8 Å². The fourth-order valence-electron chi connectivity index (χ4n) is 3.67. The zero-order chi connectivity index (χ0) is 23.9. The van der Waals surface area contributed by atoms with Gasteiger partial charge in [0, 0.05) is 23.1 Å². The molecule has 0 heterocycles. The minimum Gasteiger partial charge on any atom is -0.480 e. The van der Waals surface area contributed by atoms with Crippen LogP contribution >= 0.6 is 0 Å². The number of rotatable bonds is 8. The predicted octanol–water partition coefficient (Wildman–Crippen LogP) is 5.01. The summed E-state index contributed by atoms with van der Waals surface area (Å²) in [7, 11) is 0. The van der Waals surface area contributed by atoms with Gasteiger partial charge in [0.1, 0.15) is 6.04 Å². The van der Waals surface area contributed by atoms with Gasteiger partial charge < -0.3 is 10.4 Å². The summed E-state index contributed by atoms with van der Waals surface area (Å²) in [5, 5.41) is 12.2. The Morgan fingerprint density at radius 1 is 0.618 bits per heavy atom. The molecule has 0 unspecified atom stereocenters. The molecule has 1 atom stereocenters. The summed E-state index contributed by atoms with van der Waals surface area (Å²) < 4.78 is 0. The Morgan fingerprint density at radius 3 is 1.71 bits per heavy atom. The molecular weight excluding hydrogens is 426 g/mol. The van der Waals surface area contributed by atoms with E-state index in [0.29, 0.717) is 22.3 Å².